The predicted molar refractivity (Wildman–Crippen MR) is 85.3 cm³/mol. The average Bonchev–Trinajstić information content (AvgIpc) is 3.08. The van der Waals surface area contributed by atoms with Crippen LogP contribution in [0.4, 0.5) is 0 Å². The molecule has 130 valence electrons. The van der Waals surface area contributed by atoms with Gasteiger partial charge in [-0.1, -0.05) is 20.8 Å². The van der Waals surface area contributed by atoms with E-state index in [2.05, 4.69) is 51.0 Å². The lowest BCUT2D eigenvalue weighted by molar-refractivity contribution is -0.0393. The van der Waals surface area contributed by atoms with E-state index in [0.29, 0.717) is 25.0 Å². The van der Waals surface area contributed by atoms with E-state index >= 15 is 0 Å². The topological polar surface area (TPSA) is 93.0 Å². The summed E-state index contributed by atoms with van der Waals surface area (Å²) >= 11 is 0. The maximum Gasteiger partial charge on any atom is 0.230 e. The second-order valence-corrected chi connectivity index (χ2v) is 7.70. The number of hydrogen-bond acceptors (Lipinski definition) is 7. The van der Waals surface area contributed by atoms with Gasteiger partial charge in [0.05, 0.1) is 13.2 Å². The summed E-state index contributed by atoms with van der Waals surface area (Å²) in [5, 5.41) is 15.7. The van der Waals surface area contributed by atoms with E-state index in [0.717, 1.165) is 30.6 Å². The highest BCUT2D eigenvalue weighted by Gasteiger charge is 2.31. The van der Waals surface area contributed by atoms with Crippen molar-refractivity contribution in [2.45, 2.75) is 57.6 Å². The van der Waals surface area contributed by atoms with Gasteiger partial charge in [0, 0.05) is 24.4 Å². The van der Waals surface area contributed by atoms with Gasteiger partial charge in [-0.2, -0.15) is 5.10 Å². The van der Waals surface area contributed by atoms with Gasteiger partial charge in [0.1, 0.15) is 6.10 Å². The highest BCUT2D eigenvalue weighted by atomic mass is 16.5. The quantitative estimate of drug-likeness (QED) is 0.914. The number of aromatic nitrogens is 5. The summed E-state index contributed by atoms with van der Waals surface area (Å²) in [6, 6.07) is 0. The largest absolute Gasteiger partial charge is 0.424 e. The highest BCUT2D eigenvalue weighted by molar-refractivity contribution is 5.05. The van der Waals surface area contributed by atoms with Crippen LogP contribution in [-0.4, -0.2) is 50.0 Å². The van der Waals surface area contributed by atoms with E-state index in [9.17, 15) is 0 Å². The first kappa shape index (κ1) is 15.7. The van der Waals surface area contributed by atoms with Crippen LogP contribution in [0.25, 0.3) is 0 Å². The third-order valence-electron chi connectivity index (χ3n) is 4.40. The molecule has 2 aromatic rings. The Labute approximate surface area is 141 Å². The molecule has 1 atom stereocenters. The van der Waals surface area contributed by atoms with Crippen LogP contribution >= 0.6 is 0 Å². The number of nitrogens with one attached hydrogen (secondary N) is 1. The number of rotatable bonds is 4. The monoisotopic (exact) mass is 332 g/mol. The average molecular weight is 332 g/mol. The summed E-state index contributed by atoms with van der Waals surface area (Å²) in [5.41, 5.74) is -0.0773. The summed E-state index contributed by atoms with van der Waals surface area (Å²) in [5.74, 6) is 3.57. The van der Waals surface area contributed by atoms with Gasteiger partial charge in [-0.05, 0) is 12.8 Å². The van der Waals surface area contributed by atoms with Crippen molar-refractivity contribution >= 4 is 0 Å². The normalized spacial score (nSPS) is 22.9. The molecule has 0 unspecified atom stereocenters. The van der Waals surface area contributed by atoms with Crippen LogP contribution in [0.3, 0.4) is 0 Å². The Morgan fingerprint density at radius 2 is 2.08 bits per heavy atom. The molecule has 4 rings (SSSR count). The van der Waals surface area contributed by atoms with Gasteiger partial charge in [0.2, 0.25) is 11.8 Å². The summed E-state index contributed by atoms with van der Waals surface area (Å²) in [4.78, 5) is 6.87. The maximum absolute atomic E-state index is 5.87. The van der Waals surface area contributed by atoms with Crippen molar-refractivity contribution in [3.05, 3.63) is 23.4 Å². The first-order chi connectivity index (χ1) is 11.5. The molecular weight excluding hydrogens is 308 g/mol. The molecule has 24 heavy (non-hydrogen) atoms. The summed E-state index contributed by atoms with van der Waals surface area (Å²) in [7, 11) is 0. The van der Waals surface area contributed by atoms with Gasteiger partial charge in [-0.15, -0.1) is 10.2 Å². The summed E-state index contributed by atoms with van der Waals surface area (Å²) in [6.45, 7) is 9.18. The van der Waals surface area contributed by atoms with Crippen molar-refractivity contribution in [2.24, 2.45) is 0 Å². The molecule has 0 bridgehead atoms. The molecule has 2 aromatic heterocycles. The Morgan fingerprint density at radius 1 is 1.25 bits per heavy atom. The van der Waals surface area contributed by atoms with E-state index in [1.807, 2.05) is 0 Å². The second-order valence-electron chi connectivity index (χ2n) is 7.70. The third-order valence-corrected chi connectivity index (χ3v) is 4.40. The Kier molecular flexibility index (Phi) is 3.88. The molecular formula is C16H24N6O2. The first-order valence-electron chi connectivity index (χ1n) is 8.58. The fourth-order valence-electron chi connectivity index (χ4n) is 2.78. The molecule has 0 radical (unpaired) electrons. The first-order valence-corrected chi connectivity index (χ1v) is 8.58. The zero-order chi connectivity index (χ0) is 16.7. The fraction of sp³-hybridized carbons (Fsp3) is 0.750. The number of ether oxygens (including phenoxy) is 1. The molecule has 0 aromatic carbocycles. The van der Waals surface area contributed by atoms with Crippen LogP contribution in [0.5, 0.6) is 0 Å². The minimum absolute atomic E-state index is 0.0773. The number of aromatic amines is 1. The third kappa shape index (κ3) is 3.34. The van der Waals surface area contributed by atoms with Crippen LogP contribution < -0.4 is 0 Å². The molecule has 1 aliphatic heterocycles. The Hall–Kier alpha value is -1.80. The SMILES string of the molecule is CC(C)(C)c1n[nH]c([C@H]2CN(Cc3nnc(C4CC4)o3)CCO2)n1. The van der Waals surface area contributed by atoms with Crippen molar-refractivity contribution in [3.63, 3.8) is 0 Å². The zero-order valence-electron chi connectivity index (χ0n) is 14.4. The molecule has 2 aliphatic rings. The minimum atomic E-state index is -0.104. The van der Waals surface area contributed by atoms with E-state index < -0.39 is 0 Å². The molecule has 1 N–H and O–H groups in total. The van der Waals surface area contributed by atoms with E-state index in [1.54, 1.807) is 0 Å². The number of H-pyrrole nitrogens is 1. The molecule has 0 amide bonds. The van der Waals surface area contributed by atoms with Crippen LogP contribution in [0, 0.1) is 0 Å². The molecule has 8 heteroatoms. The van der Waals surface area contributed by atoms with Crippen molar-refractivity contribution in [1.29, 1.82) is 0 Å². The van der Waals surface area contributed by atoms with Crippen LogP contribution in [0.2, 0.25) is 0 Å². The lowest BCUT2D eigenvalue weighted by atomic mass is 9.96. The molecule has 1 saturated heterocycles. The highest BCUT2D eigenvalue weighted by Crippen LogP contribution is 2.39. The Morgan fingerprint density at radius 3 is 2.79 bits per heavy atom. The van der Waals surface area contributed by atoms with Gasteiger partial charge >= 0.3 is 0 Å². The van der Waals surface area contributed by atoms with Crippen molar-refractivity contribution in [3.8, 4) is 0 Å². The Bertz CT molecular complexity index is 699. The van der Waals surface area contributed by atoms with E-state index in [-0.39, 0.29) is 11.5 Å². The number of morpholine rings is 1. The molecule has 2 fully saturated rings. The molecule has 0 spiro atoms. The number of hydrogen-bond donors (Lipinski definition) is 1. The zero-order valence-corrected chi connectivity index (χ0v) is 14.4. The number of nitrogens with zero attached hydrogens (tertiary/aromatic N) is 5. The van der Waals surface area contributed by atoms with Crippen LogP contribution in [0.15, 0.2) is 4.42 Å². The Balaban J connectivity index is 1.40. The lowest BCUT2D eigenvalue weighted by Gasteiger charge is -2.30. The van der Waals surface area contributed by atoms with E-state index in [4.69, 9.17) is 9.15 Å². The standard InChI is InChI=1S/C16H24N6O2/c1-16(2,3)15-17-13(19-21-15)11-8-22(6-7-23-11)9-12-18-20-14(24-12)10-4-5-10/h10-11H,4-9H2,1-3H3,(H,17,19,21)/t11-/m1/s1. The van der Waals surface area contributed by atoms with Gasteiger partial charge in [0.25, 0.3) is 0 Å². The smallest absolute Gasteiger partial charge is 0.230 e. The van der Waals surface area contributed by atoms with Gasteiger partial charge < -0.3 is 9.15 Å². The summed E-state index contributed by atoms with van der Waals surface area (Å²) in [6.07, 6.45) is 2.24. The van der Waals surface area contributed by atoms with Crippen LogP contribution in [-0.2, 0) is 16.7 Å². The van der Waals surface area contributed by atoms with Crippen LogP contribution in [0.1, 0.15) is 69.1 Å². The maximum atomic E-state index is 5.87. The van der Waals surface area contributed by atoms with Gasteiger partial charge in [-0.25, -0.2) is 4.98 Å². The molecule has 1 saturated carbocycles. The van der Waals surface area contributed by atoms with Gasteiger partial charge in [-0.3, -0.25) is 10.00 Å². The summed E-state index contributed by atoms with van der Waals surface area (Å²) < 4.78 is 11.6. The van der Waals surface area contributed by atoms with E-state index in [1.165, 1.54) is 12.8 Å². The second kappa shape index (κ2) is 5.93. The fourth-order valence-corrected chi connectivity index (χ4v) is 2.78. The van der Waals surface area contributed by atoms with Crippen molar-refractivity contribution < 1.29 is 9.15 Å². The van der Waals surface area contributed by atoms with Crippen molar-refractivity contribution in [2.75, 3.05) is 19.7 Å². The molecule has 1 aliphatic carbocycles. The lowest BCUT2D eigenvalue weighted by Crippen LogP contribution is -2.38. The van der Waals surface area contributed by atoms with Crippen molar-refractivity contribution in [1.82, 2.24) is 30.3 Å². The predicted octanol–water partition coefficient (Wildman–Crippen LogP) is 1.94. The van der Waals surface area contributed by atoms with Gasteiger partial charge in [0.15, 0.2) is 11.6 Å². The molecule has 8 nitrogen and oxygen atoms in total. The molecule has 3 heterocycles. The minimum Gasteiger partial charge on any atom is -0.424 e.